The Kier molecular flexibility index (Phi) is 4.72. The van der Waals surface area contributed by atoms with E-state index in [4.69, 9.17) is 16.3 Å². The summed E-state index contributed by atoms with van der Waals surface area (Å²) in [5.74, 6) is 1.04. The van der Waals surface area contributed by atoms with E-state index in [2.05, 4.69) is 52.2 Å². The van der Waals surface area contributed by atoms with Crippen molar-refractivity contribution in [2.24, 2.45) is 0 Å². The first-order valence-electron chi connectivity index (χ1n) is 7.07. The zero-order valence-corrected chi connectivity index (χ0v) is 14.7. The smallest absolute Gasteiger partial charge is 0.127 e. The molecule has 1 aliphatic heterocycles. The van der Waals surface area contributed by atoms with Crippen LogP contribution >= 0.6 is 34.2 Å². The van der Waals surface area contributed by atoms with Crippen LogP contribution < -0.4 is 10.1 Å². The van der Waals surface area contributed by atoms with Crippen LogP contribution in [-0.2, 0) is 6.42 Å². The van der Waals surface area contributed by atoms with Crippen molar-refractivity contribution in [1.29, 1.82) is 0 Å². The fourth-order valence-electron chi connectivity index (χ4n) is 2.86. The monoisotopic (exact) mass is 413 g/mol. The van der Waals surface area contributed by atoms with Gasteiger partial charge in [0.05, 0.1) is 12.6 Å². The molecule has 0 aliphatic carbocycles. The first-order valence-corrected chi connectivity index (χ1v) is 8.53. The first-order chi connectivity index (χ1) is 10.2. The van der Waals surface area contributed by atoms with Gasteiger partial charge in [-0.05, 0) is 71.8 Å². The highest BCUT2D eigenvalue weighted by molar-refractivity contribution is 14.1. The summed E-state index contributed by atoms with van der Waals surface area (Å²) in [4.78, 5) is 0. The molecule has 0 amide bonds. The van der Waals surface area contributed by atoms with E-state index in [-0.39, 0.29) is 6.04 Å². The number of rotatable bonds is 3. The number of nitrogens with one attached hydrogen (secondary N) is 1. The molecule has 1 unspecified atom stereocenters. The van der Waals surface area contributed by atoms with Gasteiger partial charge in [0, 0.05) is 14.2 Å². The molecule has 0 bridgehead atoms. The molecule has 0 spiro atoms. The van der Waals surface area contributed by atoms with Crippen LogP contribution in [0.25, 0.3) is 0 Å². The summed E-state index contributed by atoms with van der Waals surface area (Å²) in [7, 11) is 1.98. The molecule has 21 heavy (non-hydrogen) atoms. The van der Waals surface area contributed by atoms with E-state index in [0.717, 1.165) is 30.2 Å². The molecule has 1 atom stereocenters. The van der Waals surface area contributed by atoms with E-state index in [1.807, 2.05) is 19.2 Å². The number of hydrogen-bond donors (Lipinski definition) is 1. The molecule has 2 aromatic carbocycles. The van der Waals surface area contributed by atoms with Crippen LogP contribution in [0.1, 0.15) is 29.2 Å². The Labute approximate surface area is 144 Å². The third kappa shape index (κ3) is 3.05. The normalized spacial score (nSPS) is 15.2. The van der Waals surface area contributed by atoms with E-state index >= 15 is 0 Å². The van der Waals surface area contributed by atoms with Gasteiger partial charge in [-0.2, -0.15) is 0 Å². The Morgan fingerprint density at radius 2 is 2.10 bits per heavy atom. The average molecular weight is 414 g/mol. The summed E-state index contributed by atoms with van der Waals surface area (Å²) in [6, 6.07) is 12.5. The van der Waals surface area contributed by atoms with Crippen LogP contribution in [-0.4, -0.2) is 13.7 Å². The summed E-state index contributed by atoms with van der Waals surface area (Å²) in [6.07, 6.45) is 2.18. The molecule has 0 aromatic heterocycles. The third-order valence-corrected chi connectivity index (χ3v) is 5.05. The second kappa shape index (κ2) is 6.55. The van der Waals surface area contributed by atoms with Gasteiger partial charge in [0.25, 0.3) is 0 Å². The predicted octanol–water partition coefficient (Wildman–Crippen LogP) is 4.58. The maximum absolute atomic E-state index is 6.19. The van der Waals surface area contributed by atoms with Crippen LogP contribution in [0.15, 0.2) is 36.4 Å². The molecule has 1 N–H and O–H groups in total. The SMILES string of the molecule is CNC(c1cc(Cl)ccc1I)c1cccc2c1OCCC2. The van der Waals surface area contributed by atoms with Gasteiger partial charge < -0.3 is 10.1 Å². The molecule has 0 fully saturated rings. The Morgan fingerprint density at radius 3 is 2.90 bits per heavy atom. The number of benzene rings is 2. The summed E-state index contributed by atoms with van der Waals surface area (Å²) < 4.78 is 7.15. The predicted molar refractivity (Wildman–Crippen MR) is 95.3 cm³/mol. The van der Waals surface area contributed by atoms with Crippen molar-refractivity contribution >= 4 is 34.2 Å². The van der Waals surface area contributed by atoms with Crippen LogP contribution in [0, 0.1) is 3.57 Å². The standard InChI is InChI=1S/C17H17ClINO/c1-20-16(14-10-12(18)7-8-15(14)19)13-6-2-4-11-5-3-9-21-17(11)13/h2,4,6-8,10,16,20H,3,5,9H2,1H3. The van der Waals surface area contributed by atoms with E-state index in [1.165, 1.54) is 20.3 Å². The molecule has 2 aromatic rings. The molecule has 0 saturated heterocycles. The van der Waals surface area contributed by atoms with Crippen molar-refractivity contribution in [3.8, 4) is 5.75 Å². The lowest BCUT2D eigenvalue weighted by molar-refractivity contribution is 0.283. The van der Waals surface area contributed by atoms with Gasteiger partial charge in [-0.1, -0.05) is 29.8 Å². The first kappa shape index (κ1) is 15.1. The highest BCUT2D eigenvalue weighted by Crippen LogP contribution is 2.37. The highest BCUT2D eigenvalue weighted by atomic mass is 127. The number of fused-ring (bicyclic) bond motifs is 1. The number of halogens is 2. The van der Waals surface area contributed by atoms with E-state index in [0.29, 0.717) is 0 Å². The zero-order valence-electron chi connectivity index (χ0n) is 11.8. The highest BCUT2D eigenvalue weighted by Gasteiger charge is 2.22. The van der Waals surface area contributed by atoms with Crippen LogP contribution in [0.2, 0.25) is 5.02 Å². The number of aryl methyl sites for hydroxylation is 1. The van der Waals surface area contributed by atoms with Crippen molar-refractivity contribution in [2.45, 2.75) is 18.9 Å². The quantitative estimate of drug-likeness (QED) is 0.744. The maximum atomic E-state index is 6.19. The number of ether oxygens (including phenoxy) is 1. The molecule has 1 aliphatic rings. The number of para-hydroxylation sites is 1. The molecule has 1 heterocycles. The lowest BCUT2D eigenvalue weighted by atomic mass is 9.94. The van der Waals surface area contributed by atoms with Crippen LogP contribution in [0.3, 0.4) is 0 Å². The summed E-state index contributed by atoms with van der Waals surface area (Å²) in [5.41, 5.74) is 3.68. The van der Waals surface area contributed by atoms with Gasteiger partial charge >= 0.3 is 0 Å². The lowest BCUT2D eigenvalue weighted by Crippen LogP contribution is -2.21. The average Bonchev–Trinajstić information content (AvgIpc) is 2.51. The molecule has 4 heteroatoms. The Hall–Kier alpha value is -0.780. The number of hydrogen-bond acceptors (Lipinski definition) is 2. The van der Waals surface area contributed by atoms with Crippen molar-refractivity contribution in [3.63, 3.8) is 0 Å². The Morgan fingerprint density at radius 1 is 1.24 bits per heavy atom. The van der Waals surface area contributed by atoms with Crippen LogP contribution in [0.5, 0.6) is 5.75 Å². The molecule has 2 nitrogen and oxygen atoms in total. The van der Waals surface area contributed by atoms with E-state index in [1.54, 1.807) is 0 Å². The van der Waals surface area contributed by atoms with Crippen molar-refractivity contribution in [3.05, 3.63) is 61.7 Å². The molecule has 110 valence electrons. The largest absolute Gasteiger partial charge is 0.493 e. The lowest BCUT2D eigenvalue weighted by Gasteiger charge is -2.26. The molecular weight excluding hydrogens is 397 g/mol. The van der Waals surface area contributed by atoms with Crippen LogP contribution in [0.4, 0.5) is 0 Å². The molecule has 3 rings (SSSR count). The summed E-state index contributed by atoms with van der Waals surface area (Å²) in [6.45, 7) is 0.799. The molecule has 0 saturated carbocycles. The second-order valence-electron chi connectivity index (χ2n) is 5.18. The topological polar surface area (TPSA) is 21.3 Å². The molecule has 0 radical (unpaired) electrons. The van der Waals surface area contributed by atoms with Crippen molar-refractivity contribution in [2.75, 3.05) is 13.7 Å². The fourth-order valence-corrected chi connectivity index (χ4v) is 3.68. The summed E-state index contributed by atoms with van der Waals surface area (Å²) in [5, 5.41) is 4.17. The fraction of sp³-hybridized carbons (Fsp3) is 0.294. The van der Waals surface area contributed by atoms with Crippen molar-refractivity contribution in [1.82, 2.24) is 5.32 Å². The zero-order chi connectivity index (χ0) is 14.8. The minimum atomic E-state index is 0.0867. The molecular formula is C17H17ClINO. The van der Waals surface area contributed by atoms with Gasteiger partial charge in [0.2, 0.25) is 0 Å². The van der Waals surface area contributed by atoms with Gasteiger partial charge in [-0.25, -0.2) is 0 Å². The van der Waals surface area contributed by atoms with E-state index in [9.17, 15) is 0 Å². The Bertz CT molecular complexity index is 659. The minimum Gasteiger partial charge on any atom is -0.493 e. The minimum absolute atomic E-state index is 0.0867. The Balaban J connectivity index is 2.10. The van der Waals surface area contributed by atoms with Gasteiger partial charge in [0.15, 0.2) is 0 Å². The summed E-state index contributed by atoms with van der Waals surface area (Å²) >= 11 is 8.55. The van der Waals surface area contributed by atoms with Crippen molar-refractivity contribution < 1.29 is 4.74 Å². The van der Waals surface area contributed by atoms with Gasteiger partial charge in [0.1, 0.15) is 5.75 Å². The third-order valence-electron chi connectivity index (χ3n) is 3.83. The maximum Gasteiger partial charge on any atom is 0.127 e. The van der Waals surface area contributed by atoms with E-state index < -0.39 is 0 Å². The van der Waals surface area contributed by atoms with Gasteiger partial charge in [-0.3, -0.25) is 0 Å². The van der Waals surface area contributed by atoms with Gasteiger partial charge in [-0.15, -0.1) is 0 Å². The second-order valence-corrected chi connectivity index (χ2v) is 6.77.